The lowest BCUT2D eigenvalue weighted by atomic mass is 10.1. The number of methoxy groups -OCH3 is 1. The lowest BCUT2D eigenvalue weighted by Crippen LogP contribution is -2.46. The first-order chi connectivity index (χ1) is 13.9. The second-order valence-corrected chi connectivity index (χ2v) is 8.85. The average molecular weight is 415 g/mol. The van der Waals surface area contributed by atoms with Crippen molar-refractivity contribution in [2.24, 2.45) is 0 Å². The van der Waals surface area contributed by atoms with E-state index < -0.39 is 10.0 Å². The number of amides is 1. The van der Waals surface area contributed by atoms with E-state index in [0.717, 1.165) is 16.9 Å². The number of rotatable bonds is 6. The van der Waals surface area contributed by atoms with Gasteiger partial charge < -0.3 is 9.64 Å². The molecule has 1 saturated heterocycles. The zero-order valence-corrected chi connectivity index (χ0v) is 17.5. The molecule has 0 bridgehead atoms. The quantitative estimate of drug-likeness (QED) is 0.738. The first kappa shape index (κ1) is 21.1. The normalized spacial score (nSPS) is 15.6. The van der Waals surface area contributed by atoms with E-state index in [0.29, 0.717) is 25.9 Å². The van der Waals surface area contributed by atoms with Crippen molar-refractivity contribution in [3.63, 3.8) is 0 Å². The second kappa shape index (κ2) is 9.24. The molecule has 0 spiro atoms. The first-order valence-electron chi connectivity index (χ1n) is 9.57. The van der Waals surface area contributed by atoms with Crippen LogP contribution in [0.25, 0.3) is 6.08 Å². The van der Waals surface area contributed by atoms with Crippen LogP contribution in [-0.4, -0.2) is 45.5 Å². The Morgan fingerprint density at radius 3 is 2.28 bits per heavy atom. The number of sulfonamides is 1. The number of nitrogens with one attached hydrogen (secondary N) is 1. The molecule has 1 aliphatic heterocycles. The number of piperidine rings is 1. The van der Waals surface area contributed by atoms with Crippen LogP contribution >= 0.6 is 0 Å². The summed E-state index contributed by atoms with van der Waals surface area (Å²) in [7, 11) is -1.93. The third-order valence-electron chi connectivity index (χ3n) is 4.99. The number of ether oxygens (including phenoxy) is 1. The third kappa shape index (κ3) is 5.68. The van der Waals surface area contributed by atoms with E-state index in [4.69, 9.17) is 4.74 Å². The van der Waals surface area contributed by atoms with Crippen molar-refractivity contribution >= 4 is 22.0 Å². The number of hydrogen-bond acceptors (Lipinski definition) is 4. The van der Waals surface area contributed by atoms with Crippen molar-refractivity contribution in [3.8, 4) is 5.75 Å². The summed E-state index contributed by atoms with van der Waals surface area (Å²) in [6.07, 6.45) is 4.51. The van der Waals surface area contributed by atoms with Crippen LogP contribution in [0, 0.1) is 6.92 Å². The number of carbonyl (C=O) groups is 1. The van der Waals surface area contributed by atoms with Gasteiger partial charge in [-0.25, -0.2) is 13.1 Å². The Hall–Kier alpha value is -2.64. The van der Waals surface area contributed by atoms with Crippen molar-refractivity contribution in [2.45, 2.75) is 30.7 Å². The van der Waals surface area contributed by atoms with Gasteiger partial charge in [0.2, 0.25) is 15.9 Å². The average Bonchev–Trinajstić information content (AvgIpc) is 2.73. The molecule has 154 valence electrons. The van der Waals surface area contributed by atoms with E-state index in [2.05, 4.69) is 4.72 Å². The molecule has 6 nitrogen and oxygen atoms in total. The van der Waals surface area contributed by atoms with Crippen molar-refractivity contribution < 1.29 is 17.9 Å². The molecule has 1 N–H and O–H groups in total. The van der Waals surface area contributed by atoms with E-state index in [1.165, 1.54) is 0 Å². The fourth-order valence-corrected chi connectivity index (χ4v) is 4.52. The number of hydrogen-bond donors (Lipinski definition) is 1. The molecule has 1 aliphatic rings. The van der Waals surface area contributed by atoms with Crippen molar-refractivity contribution in [2.75, 3.05) is 20.2 Å². The number of carbonyl (C=O) groups excluding carboxylic acids is 1. The number of aryl methyl sites for hydroxylation is 1. The van der Waals surface area contributed by atoms with Crippen LogP contribution in [0.2, 0.25) is 0 Å². The largest absolute Gasteiger partial charge is 0.497 e. The molecule has 1 heterocycles. The maximum absolute atomic E-state index is 12.5. The minimum absolute atomic E-state index is 0.0688. The summed E-state index contributed by atoms with van der Waals surface area (Å²) in [5, 5.41) is 0. The lowest BCUT2D eigenvalue weighted by molar-refractivity contribution is -0.126. The van der Waals surface area contributed by atoms with Gasteiger partial charge in [0.25, 0.3) is 0 Å². The van der Waals surface area contributed by atoms with E-state index >= 15 is 0 Å². The maximum atomic E-state index is 12.5. The standard InChI is InChI=1S/C22H26N2O4S/c1-17-3-10-21(11-4-17)29(26,27)23-19-13-15-24(16-14-19)22(25)12-7-18-5-8-20(28-2)9-6-18/h3-12,19,23H,13-16H2,1-2H3/b12-7+. The van der Waals surface area contributed by atoms with Crippen LogP contribution in [0.5, 0.6) is 5.75 Å². The zero-order valence-electron chi connectivity index (χ0n) is 16.7. The highest BCUT2D eigenvalue weighted by atomic mass is 32.2. The fourth-order valence-electron chi connectivity index (χ4n) is 3.21. The summed E-state index contributed by atoms with van der Waals surface area (Å²) in [6.45, 7) is 2.96. The molecule has 2 aromatic rings. The van der Waals surface area contributed by atoms with Crippen LogP contribution in [0.1, 0.15) is 24.0 Å². The molecule has 3 rings (SSSR count). The van der Waals surface area contributed by atoms with Gasteiger partial charge in [-0.05, 0) is 55.7 Å². The molecule has 0 aliphatic carbocycles. The highest BCUT2D eigenvalue weighted by molar-refractivity contribution is 7.89. The molecular formula is C22H26N2O4S. The molecule has 0 unspecified atom stereocenters. The molecule has 2 aromatic carbocycles. The van der Waals surface area contributed by atoms with Gasteiger partial charge in [-0.3, -0.25) is 4.79 Å². The lowest BCUT2D eigenvalue weighted by Gasteiger charge is -2.31. The Bertz CT molecular complexity index is 959. The van der Waals surface area contributed by atoms with Crippen molar-refractivity contribution in [1.29, 1.82) is 0 Å². The summed E-state index contributed by atoms with van der Waals surface area (Å²) in [5.41, 5.74) is 1.93. The van der Waals surface area contributed by atoms with Gasteiger partial charge in [-0.2, -0.15) is 0 Å². The van der Waals surface area contributed by atoms with E-state index in [1.807, 2.05) is 31.2 Å². The van der Waals surface area contributed by atoms with Gasteiger partial charge in [0.15, 0.2) is 0 Å². The molecule has 0 aromatic heterocycles. The Kier molecular flexibility index (Phi) is 6.71. The predicted molar refractivity (Wildman–Crippen MR) is 113 cm³/mol. The topological polar surface area (TPSA) is 75.7 Å². The van der Waals surface area contributed by atoms with Crippen LogP contribution in [0.4, 0.5) is 0 Å². The van der Waals surface area contributed by atoms with Gasteiger partial charge in [0.05, 0.1) is 12.0 Å². The fraction of sp³-hybridized carbons (Fsp3) is 0.318. The van der Waals surface area contributed by atoms with Gasteiger partial charge >= 0.3 is 0 Å². The summed E-state index contributed by atoms with van der Waals surface area (Å²) < 4.78 is 32.9. The monoisotopic (exact) mass is 414 g/mol. The van der Waals surface area contributed by atoms with Crippen LogP contribution in [-0.2, 0) is 14.8 Å². The number of likely N-dealkylation sites (tertiary alicyclic amines) is 1. The Morgan fingerprint density at radius 2 is 1.69 bits per heavy atom. The highest BCUT2D eigenvalue weighted by Crippen LogP contribution is 2.17. The SMILES string of the molecule is COc1ccc(/C=C/C(=O)N2CCC(NS(=O)(=O)c3ccc(C)cc3)CC2)cc1. The Morgan fingerprint density at radius 1 is 1.07 bits per heavy atom. The Labute approximate surface area is 172 Å². The Balaban J connectivity index is 1.52. The number of nitrogens with zero attached hydrogens (tertiary/aromatic N) is 1. The smallest absolute Gasteiger partial charge is 0.246 e. The van der Waals surface area contributed by atoms with Crippen LogP contribution in [0.3, 0.4) is 0 Å². The summed E-state index contributed by atoms with van der Waals surface area (Å²) in [6, 6.07) is 14.1. The maximum Gasteiger partial charge on any atom is 0.246 e. The molecule has 29 heavy (non-hydrogen) atoms. The summed E-state index contributed by atoms with van der Waals surface area (Å²) in [4.78, 5) is 14.4. The van der Waals surface area contributed by atoms with Crippen molar-refractivity contribution in [3.05, 3.63) is 65.7 Å². The van der Waals surface area contributed by atoms with Gasteiger partial charge in [-0.15, -0.1) is 0 Å². The second-order valence-electron chi connectivity index (χ2n) is 7.14. The molecule has 0 saturated carbocycles. The minimum Gasteiger partial charge on any atom is -0.497 e. The van der Waals surface area contributed by atoms with Gasteiger partial charge in [0.1, 0.15) is 5.75 Å². The van der Waals surface area contributed by atoms with Crippen LogP contribution in [0.15, 0.2) is 59.5 Å². The summed E-state index contributed by atoms with van der Waals surface area (Å²) >= 11 is 0. The molecule has 7 heteroatoms. The molecule has 1 fully saturated rings. The summed E-state index contributed by atoms with van der Waals surface area (Å²) in [5.74, 6) is 0.698. The highest BCUT2D eigenvalue weighted by Gasteiger charge is 2.25. The van der Waals surface area contributed by atoms with Crippen molar-refractivity contribution in [1.82, 2.24) is 9.62 Å². The van der Waals surface area contributed by atoms with Gasteiger partial charge in [-0.1, -0.05) is 29.8 Å². The van der Waals surface area contributed by atoms with E-state index in [9.17, 15) is 13.2 Å². The zero-order chi connectivity index (χ0) is 20.9. The van der Waals surface area contributed by atoms with E-state index in [-0.39, 0.29) is 16.8 Å². The number of benzene rings is 2. The first-order valence-corrected chi connectivity index (χ1v) is 11.1. The molecule has 0 atom stereocenters. The minimum atomic E-state index is -3.54. The van der Waals surface area contributed by atoms with Crippen LogP contribution < -0.4 is 9.46 Å². The van der Waals surface area contributed by atoms with E-state index in [1.54, 1.807) is 48.4 Å². The molecule has 1 amide bonds. The predicted octanol–water partition coefficient (Wildman–Crippen LogP) is 2.99. The molecule has 0 radical (unpaired) electrons. The third-order valence-corrected chi connectivity index (χ3v) is 6.53. The molecular weight excluding hydrogens is 388 g/mol. The van der Waals surface area contributed by atoms with Gasteiger partial charge in [0, 0.05) is 25.2 Å².